The standard InChI is InChI=1S/C11H8Cl2FN3O/c1-15-11-16-5-8(13)10(17-11)18-6-2-3-7(12)9(14)4-6/h2-5H,1H3,(H,15,16,17). The molecule has 0 atom stereocenters. The first-order valence-corrected chi connectivity index (χ1v) is 5.69. The van der Waals surface area contributed by atoms with Crippen LogP contribution in [0.25, 0.3) is 0 Å². The van der Waals surface area contributed by atoms with Crippen LogP contribution in [0.2, 0.25) is 10.0 Å². The Morgan fingerprint density at radius 2 is 2.06 bits per heavy atom. The number of ether oxygens (including phenoxy) is 1. The van der Waals surface area contributed by atoms with E-state index in [1.807, 2.05) is 0 Å². The van der Waals surface area contributed by atoms with Gasteiger partial charge in [-0.2, -0.15) is 4.98 Å². The fourth-order valence-corrected chi connectivity index (χ4v) is 1.44. The highest BCUT2D eigenvalue weighted by Gasteiger charge is 2.09. The molecule has 1 aromatic heterocycles. The van der Waals surface area contributed by atoms with Crippen LogP contribution >= 0.6 is 23.2 Å². The number of nitrogens with one attached hydrogen (secondary N) is 1. The molecule has 0 bridgehead atoms. The van der Waals surface area contributed by atoms with Crippen molar-refractivity contribution in [1.29, 1.82) is 0 Å². The van der Waals surface area contributed by atoms with Gasteiger partial charge < -0.3 is 10.1 Å². The van der Waals surface area contributed by atoms with E-state index in [2.05, 4.69) is 15.3 Å². The summed E-state index contributed by atoms with van der Waals surface area (Å²) in [7, 11) is 1.66. The summed E-state index contributed by atoms with van der Waals surface area (Å²) in [6.45, 7) is 0. The topological polar surface area (TPSA) is 47.0 Å². The number of hydrogen-bond donors (Lipinski definition) is 1. The Morgan fingerprint density at radius 1 is 1.28 bits per heavy atom. The second-order valence-electron chi connectivity index (χ2n) is 3.27. The smallest absolute Gasteiger partial charge is 0.243 e. The van der Waals surface area contributed by atoms with E-state index >= 15 is 0 Å². The molecule has 1 aromatic carbocycles. The van der Waals surface area contributed by atoms with Crippen LogP contribution in [0.3, 0.4) is 0 Å². The van der Waals surface area contributed by atoms with Crippen molar-refractivity contribution in [2.45, 2.75) is 0 Å². The fraction of sp³-hybridized carbons (Fsp3) is 0.0909. The van der Waals surface area contributed by atoms with E-state index in [0.717, 1.165) is 6.07 Å². The molecule has 0 saturated heterocycles. The van der Waals surface area contributed by atoms with Crippen molar-refractivity contribution in [3.63, 3.8) is 0 Å². The van der Waals surface area contributed by atoms with Crippen LogP contribution in [0.5, 0.6) is 11.6 Å². The lowest BCUT2D eigenvalue weighted by Gasteiger charge is -2.08. The Bertz CT molecular complexity index is 580. The second kappa shape index (κ2) is 5.37. The molecule has 18 heavy (non-hydrogen) atoms. The Hall–Kier alpha value is -1.59. The maximum Gasteiger partial charge on any atom is 0.243 e. The third-order valence-corrected chi connectivity index (χ3v) is 2.61. The zero-order chi connectivity index (χ0) is 13.1. The summed E-state index contributed by atoms with van der Waals surface area (Å²) in [5.74, 6) is 0.161. The zero-order valence-corrected chi connectivity index (χ0v) is 10.8. The van der Waals surface area contributed by atoms with E-state index < -0.39 is 5.82 Å². The van der Waals surface area contributed by atoms with Crippen LogP contribution < -0.4 is 10.1 Å². The summed E-state index contributed by atoms with van der Waals surface area (Å²) in [5, 5.41) is 2.99. The monoisotopic (exact) mass is 287 g/mol. The molecule has 1 heterocycles. The van der Waals surface area contributed by atoms with Gasteiger partial charge in [0.2, 0.25) is 11.8 Å². The minimum Gasteiger partial charge on any atom is -0.437 e. The van der Waals surface area contributed by atoms with Crippen molar-refractivity contribution in [2.24, 2.45) is 0 Å². The van der Waals surface area contributed by atoms with E-state index in [9.17, 15) is 4.39 Å². The fourth-order valence-electron chi connectivity index (χ4n) is 1.20. The summed E-state index contributed by atoms with van der Waals surface area (Å²) in [6, 6.07) is 4.06. The van der Waals surface area contributed by atoms with Gasteiger partial charge in [-0.15, -0.1) is 0 Å². The average molecular weight is 288 g/mol. The lowest BCUT2D eigenvalue weighted by molar-refractivity contribution is 0.458. The minimum atomic E-state index is -0.576. The van der Waals surface area contributed by atoms with Crippen molar-refractivity contribution in [3.8, 4) is 11.6 Å². The summed E-state index contributed by atoms with van der Waals surface area (Å²) in [4.78, 5) is 7.91. The molecule has 0 amide bonds. The largest absolute Gasteiger partial charge is 0.437 e. The van der Waals surface area contributed by atoms with Gasteiger partial charge in [0, 0.05) is 13.1 Å². The third-order valence-electron chi connectivity index (χ3n) is 2.04. The quantitative estimate of drug-likeness (QED) is 0.934. The molecule has 1 N–H and O–H groups in total. The summed E-state index contributed by atoms with van der Waals surface area (Å²) < 4.78 is 18.6. The Morgan fingerprint density at radius 3 is 2.72 bits per heavy atom. The van der Waals surface area contributed by atoms with Gasteiger partial charge in [-0.3, -0.25) is 0 Å². The number of benzene rings is 1. The number of hydrogen-bond acceptors (Lipinski definition) is 4. The van der Waals surface area contributed by atoms with Crippen molar-refractivity contribution >= 4 is 29.2 Å². The Kier molecular flexibility index (Phi) is 3.84. The molecule has 0 saturated carbocycles. The highest BCUT2D eigenvalue weighted by molar-refractivity contribution is 6.31. The molecule has 0 aliphatic carbocycles. The summed E-state index contributed by atoms with van der Waals surface area (Å²) in [6.07, 6.45) is 1.39. The average Bonchev–Trinajstić information content (AvgIpc) is 2.36. The first-order chi connectivity index (χ1) is 8.60. The minimum absolute atomic E-state index is 0.0204. The molecule has 0 radical (unpaired) electrons. The predicted octanol–water partition coefficient (Wildman–Crippen LogP) is 3.76. The normalized spacial score (nSPS) is 10.2. The van der Waals surface area contributed by atoms with E-state index in [1.165, 1.54) is 18.3 Å². The summed E-state index contributed by atoms with van der Waals surface area (Å²) >= 11 is 11.4. The number of anilines is 1. The SMILES string of the molecule is CNc1ncc(Cl)c(Oc2ccc(Cl)c(F)c2)n1. The number of nitrogens with zero attached hydrogens (tertiary/aromatic N) is 2. The van der Waals surface area contributed by atoms with Crippen LogP contribution in [-0.2, 0) is 0 Å². The van der Waals surface area contributed by atoms with E-state index in [4.69, 9.17) is 27.9 Å². The highest BCUT2D eigenvalue weighted by atomic mass is 35.5. The van der Waals surface area contributed by atoms with Gasteiger partial charge in [0.1, 0.15) is 16.6 Å². The van der Waals surface area contributed by atoms with Crippen LogP contribution in [0.4, 0.5) is 10.3 Å². The number of rotatable bonds is 3. The van der Waals surface area contributed by atoms with Crippen LogP contribution in [0, 0.1) is 5.82 Å². The maximum atomic E-state index is 13.2. The van der Waals surface area contributed by atoms with Crippen molar-refractivity contribution < 1.29 is 9.13 Å². The number of aromatic nitrogens is 2. The van der Waals surface area contributed by atoms with Crippen LogP contribution in [-0.4, -0.2) is 17.0 Å². The van der Waals surface area contributed by atoms with Crippen LogP contribution in [0.15, 0.2) is 24.4 Å². The second-order valence-corrected chi connectivity index (χ2v) is 4.09. The van der Waals surface area contributed by atoms with E-state index in [-0.39, 0.29) is 21.7 Å². The van der Waals surface area contributed by atoms with Crippen molar-refractivity contribution in [2.75, 3.05) is 12.4 Å². The molecule has 94 valence electrons. The molecule has 0 aliphatic rings. The van der Waals surface area contributed by atoms with Gasteiger partial charge in [-0.05, 0) is 12.1 Å². The third kappa shape index (κ3) is 2.80. The molecule has 0 spiro atoms. The first-order valence-electron chi connectivity index (χ1n) is 4.93. The van der Waals surface area contributed by atoms with Crippen molar-refractivity contribution in [3.05, 3.63) is 40.3 Å². The van der Waals surface area contributed by atoms with Gasteiger partial charge in [0.25, 0.3) is 0 Å². The van der Waals surface area contributed by atoms with Gasteiger partial charge in [0.05, 0.1) is 11.2 Å². The molecule has 7 heteroatoms. The molecule has 0 aliphatic heterocycles. The predicted molar refractivity (Wildman–Crippen MR) is 68.1 cm³/mol. The van der Waals surface area contributed by atoms with Crippen LogP contribution in [0.1, 0.15) is 0 Å². The molecule has 0 fully saturated rings. The van der Waals surface area contributed by atoms with Crippen molar-refractivity contribution in [1.82, 2.24) is 9.97 Å². The summed E-state index contributed by atoms with van der Waals surface area (Å²) in [5.41, 5.74) is 0. The van der Waals surface area contributed by atoms with Gasteiger partial charge in [0.15, 0.2) is 0 Å². The lowest BCUT2D eigenvalue weighted by Crippen LogP contribution is -1.98. The Balaban J connectivity index is 2.30. The molecule has 4 nitrogen and oxygen atoms in total. The molecular formula is C11H8Cl2FN3O. The first kappa shape index (κ1) is 12.9. The highest BCUT2D eigenvalue weighted by Crippen LogP contribution is 2.29. The van der Waals surface area contributed by atoms with Gasteiger partial charge in [-0.25, -0.2) is 9.37 Å². The van der Waals surface area contributed by atoms with Gasteiger partial charge >= 0.3 is 0 Å². The van der Waals surface area contributed by atoms with Gasteiger partial charge in [-0.1, -0.05) is 23.2 Å². The zero-order valence-electron chi connectivity index (χ0n) is 9.25. The molecule has 2 rings (SSSR count). The Labute approximate surface area is 113 Å². The molecule has 2 aromatic rings. The maximum absolute atomic E-state index is 13.2. The van der Waals surface area contributed by atoms with E-state index in [0.29, 0.717) is 5.95 Å². The van der Waals surface area contributed by atoms with E-state index in [1.54, 1.807) is 7.05 Å². The molecular weight excluding hydrogens is 280 g/mol. The number of halogens is 3. The molecule has 0 unspecified atom stereocenters. The lowest BCUT2D eigenvalue weighted by atomic mass is 10.3.